The highest BCUT2D eigenvalue weighted by atomic mass is 35.5. The molecule has 0 aromatic heterocycles. The molecule has 0 bridgehead atoms. The van der Waals surface area contributed by atoms with Crippen LogP contribution in [0, 0.1) is 0 Å². The highest BCUT2D eigenvalue weighted by molar-refractivity contribution is 6.30. The van der Waals surface area contributed by atoms with Crippen molar-refractivity contribution in [3.63, 3.8) is 0 Å². The Morgan fingerprint density at radius 2 is 1.79 bits per heavy atom. The lowest BCUT2D eigenvalue weighted by Gasteiger charge is -2.33. The first kappa shape index (κ1) is 21.1. The Labute approximate surface area is 175 Å². The molecule has 1 heterocycles. The van der Waals surface area contributed by atoms with Crippen molar-refractivity contribution in [1.82, 2.24) is 4.90 Å². The minimum absolute atomic E-state index is 0.0461. The summed E-state index contributed by atoms with van der Waals surface area (Å²) in [5.74, 6) is 2.15. The van der Waals surface area contributed by atoms with Gasteiger partial charge in [-0.25, -0.2) is 0 Å². The average molecular weight is 422 g/mol. The monoisotopic (exact) mass is 421 g/mol. The lowest BCUT2D eigenvalue weighted by Crippen LogP contribution is -2.49. The zero-order chi connectivity index (χ0) is 20.6. The molecule has 1 atom stereocenters. The highest BCUT2D eigenvalue weighted by Crippen LogP contribution is 2.36. The number of morpholine rings is 1. The molecular weight excluding hydrogens is 398 g/mol. The summed E-state index contributed by atoms with van der Waals surface area (Å²) in [6, 6.07) is 12.3. The first-order valence-electron chi connectivity index (χ1n) is 9.22. The van der Waals surface area contributed by atoms with Gasteiger partial charge in [-0.05, 0) is 36.4 Å². The summed E-state index contributed by atoms with van der Waals surface area (Å²) >= 11 is 5.85. The maximum absolute atomic E-state index is 12.5. The van der Waals surface area contributed by atoms with E-state index in [2.05, 4.69) is 0 Å². The first-order valence-corrected chi connectivity index (χ1v) is 9.60. The molecule has 3 rings (SSSR count). The van der Waals surface area contributed by atoms with E-state index in [0.29, 0.717) is 47.7 Å². The predicted molar refractivity (Wildman–Crippen MR) is 108 cm³/mol. The number of benzene rings is 2. The van der Waals surface area contributed by atoms with Crippen LogP contribution in [0.15, 0.2) is 42.5 Å². The number of carbonyl (C=O) groups is 1. The number of para-hydroxylation sites is 1. The number of carbonyl (C=O) groups excluding carboxylic acids is 1. The van der Waals surface area contributed by atoms with Crippen molar-refractivity contribution >= 4 is 17.5 Å². The summed E-state index contributed by atoms with van der Waals surface area (Å²) in [4.78, 5) is 14.2. The Hall–Kier alpha value is -2.64. The molecule has 0 aliphatic carbocycles. The largest absolute Gasteiger partial charge is 0.493 e. The summed E-state index contributed by atoms with van der Waals surface area (Å²) < 4.78 is 27.9. The molecule has 1 saturated heterocycles. The number of hydrogen-bond donors (Lipinski definition) is 0. The fourth-order valence-electron chi connectivity index (χ4n) is 2.95. The normalized spacial score (nSPS) is 16.2. The van der Waals surface area contributed by atoms with Crippen LogP contribution in [0.5, 0.6) is 23.0 Å². The molecule has 2 aromatic rings. The number of methoxy groups -OCH3 is 2. The van der Waals surface area contributed by atoms with Crippen molar-refractivity contribution in [3.05, 3.63) is 47.5 Å². The van der Waals surface area contributed by atoms with Crippen molar-refractivity contribution < 1.29 is 28.5 Å². The quantitative estimate of drug-likeness (QED) is 0.652. The lowest BCUT2D eigenvalue weighted by atomic mass is 10.2. The Morgan fingerprint density at radius 3 is 2.45 bits per heavy atom. The van der Waals surface area contributed by atoms with Gasteiger partial charge in [0.1, 0.15) is 18.5 Å². The van der Waals surface area contributed by atoms with E-state index in [1.165, 1.54) is 0 Å². The Bertz CT molecular complexity index is 791. The molecule has 1 fully saturated rings. The van der Waals surface area contributed by atoms with E-state index in [1.54, 1.807) is 55.5 Å². The molecular formula is C21H24ClNO6. The first-order chi connectivity index (χ1) is 14.1. The van der Waals surface area contributed by atoms with Gasteiger partial charge < -0.3 is 28.6 Å². The van der Waals surface area contributed by atoms with Gasteiger partial charge in [-0.2, -0.15) is 0 Å². The van der Waals surface area contributed by atoms with Crippen LogP contribution in [0.1, 0.15) is 0 Å². The van der Waals surface area contributed by atoms with Crippen LogP contribution < -0.4 is 18.9 Å². The molecule has 1 amide bonds. The maximum Gasteiger partial charge on any atom is 0.260 e. The molecule has 0 N–H and O–H groups in total. The number of hydrogen-bond acceptors (Lipinski definition) is 6. The van der Waals surface area contributed by atoms with Gasteiger partial charge in [-0.1, -0.05) is 17.7 Å². The predicted octanol–water partition coefficient (Wildman–Crippen LogP) is 3.04. The SMILES string of the molecule is COc1cccc(OC)c1OC[C@H]1CN(C(=O)COc2ccc(Cl)cc2)CCO1. The molecule has 2 aromatic carbocycles. The summed E-state index contributed by atoms with van der Waals surface area (Å²) in [5, 5.41) is 0.617. The second-order valence-corrected chi connectivity index (χ2v) is 6.81. The Morgan fingerprint density at radius 1 is 1.10 bits per heavy atom. The minimum atomic E-state index is -0.266. The van der Waals surface area contributed by atoms with Crippen molar-refractivity contribution in [2.24, 2.45) is 0 Å². The zero-order valence-corrected chi connectivity index (χ0v) is 17.2. The van der Waals surface area contributed by atoms with Gasteiger partial charge in [0.05, 0.1) is 27.4 Å². The summed E-state index contributed by atoms with van der Waals surface area (Å²) in [6.07, 6.45) is -0.266. The van der Waals surface area contributed by atoms with E-state index in [4.69, 9.17) is 35.3 Å². The second kappa shape index (κ2) is 10.2. The van der Waals surface area contributed by atoms with Crippen LogP contribution in [0.25, 0.3) is 0 Å². The van der Waals surface area contributed by atoms with Gasteiger partial charge >= 0.3 is 0 Å². The van der Waals surface area contributed by atoms with Gasteiger partial charge in [-0.3, -0.25) is 4.79 Å². The van der Waals surface area contributed by atoms with Crippen LogP contribution in [0.2, 0.25) is 5.02 Å². The average Bonchev–Trinajstić information content (AvgIpc) is 2.77. The molecule has 0 spiro atoms. The third-order valence-electron chi connectivity index (χ3n) is 4.46. The molecule has 0 unspecified atom stereocenters. The van der Waals surface area contributed by atoms with E-state index < -0.39 is 0 Å². The molecule has 1 aliphatic rings. The lowest BCUT2D eigenvalue weighted by molar-refractivity contribution is -0.142. The van der Waals surface area contributed by atoms with E-state index in [1.807, 2.05) is 6.07 Å². The molecule has 0 radical (unpaired) electrons. The fraction of sp³-hybridized carbons (Fsp3) is 0.381. The van der Waals surface area contributed by atoms with Gasteiger partial charge in [0.25, 0.3) is 5.91 Å². The Balaban J connectivity index is 1.53. The van der Waals surface area contributed by atoms with Crippen LogP contribution >= 0.6 is 11.6 Å². The summed E-state index contributed by atoms with van der Waals surface area (Å²) in [6.45, 7) is 1.58. The van der Waals surface area contributed by atoms with E-state index in [0.717, 1.165) is 0 Å². The highest BCUT2D eigenvalue weighted by Gasteiger charge is 2.26. The summed E-state index contributed by atoms with van der Waals surface area (Å²) in [5.41, 5.74) is 0. The van der Waals surface area contributed by atoms with Crippen molar-refractivity contribution in [3.8, 4) is 23.0 Å². The number of rotatable bonds is 8. The van der Waals surface area contributed by atoms with E-state index in [-0.39, 0.29) is 25.2 Å². The second-order valence-electron chi connectivity index (χ2n) is 6.38. The van der Waals surface area contributed by atoms with Crippen LogP contribution in [0.4, 0.5) is 0 Å². The molecule has 7 nitrogen and oxygen atoms in total. The third kappa shape index (κ3) is 5.68. The van der Waals surface area contributed by atoms with E-state index >= 15 is 0 Å². The fourth-order valence-corrected chi connectivity index (χ4v) is 3.08. The van der Waals surface area contributed by atoms with Crippen molar-refractivity contribution in [2.75, 3.05) is 47.1 Å². The molecule has 1 aliphatic heterocycles. The van der Waals surface area contributed by atoms with Crippen LogP contribution in [-0.2, 0) is 9.53 Å². The number of ether oxygens (including phenoxy) is 5. The number of amides is 1. The van der Waals surface area contributed by atoms with E-state index in [9.17, 15) is 4.79 Å². The molecule has 0 saturated carbocycles. The smallest absolute Gasteiger partial charge is 0.260 e. The molecule has 156 valence electrons. The van der Waals surface area contributed by atoms with Crippen LogP contribution in [-0.4, -0.2) is 64.0 Å². The number of halogens is 1. The Kier molecular flexibility index (Phi) is 7.43. The van der Waals surface area contributed by atoms with Gasteiger partial charge in [0, 0.05) is 11.6 Å². The topological polar surface area (TPSA) is 66.5 Å². The van der Waals surface area contributed by atoms with Gasteiger partial charge in [-0.15, -0.1) is 0 Å². The summed E-state index contributed by atoms with van der Waals surface area (Å²) in [7, 11) is 3.14. The van der Waals surface area contributed by atoms with Gasteiger partial charge in [0.2, 0.25) is 5.75 Å². The van der Waals surface area contributed by atoms with Crippen LogP contribution in [0.3, 0.4) is 0 Å². The minimum Gasteiger partial charge on any atom is -0.493 e. The standard InChI is InChI=1S/C21H24ClNO6/c1-25-18-4-3-5-19(26-2)21(18)29-13-17-12-23(10-11-27-17)20(24)14-28-16-8-6-15(22)7-9-16/h3-9,17H,10-14H2,1-2H3/t17-/m1/s1. The van der Waals surface area contributed by atoms with Crippen molar-refractivity contribution in [1.29, 1.82) is 0 Å². The van der Waals surface area contributed by atoms with Crippen molar-refractivity contribution in [2.45, 2.75) is 6.10 Å². The maximum atomic E-state index is 12.5. The zero-order valence-electron chi connectivity index (χ0n) is 16.4. The third-order valence-corrected chi connectivity index (χ3v) is 4.72. The number of nitrogens with zero attached hydrogens (tertiary/aromatic N) is 1. The van der Waals surface area contributed by atoms with Gasteiger partial charge in [0.15, 0.2) is 18.1 Å². The molecule has 29 heavy (non-hydrogen) atoms. The molecule has 8 heteroatoms.